The van der Waals surface area contributed by atoms with Crippen LogP contribution in [0.15, 0.2) is 48.5 Å². The lowest BCUT2D eigenvalue weighted by atomic mass is 10.1. The summed E-state index contributed by atoms with van der Waals surface area (Å²) in [6, 6.07) is 14.1. The number of benzene rings is 2. The largest absolute Gasteiger partial charge is 0.494 e. The summed E-state index contributed by atoms with van der Waals surface area (Å²) in [5.74, 6) is 0.558. The van der Waals surface area contributed by atoms with Crippen LogP contribution in [-0.2, 0) is 4.79 Å². The van der Waals surface area contributed by atoms with E-state index in [1.165, 1.54) is 0 Å². The molecule has 2 aromatic carbocycles. The summed E-state index contributed by atoms with van der Waals surface area (Å²) in [7, 11) is 0. The molecule has 0 bridgehead atoms. The molecule has 0 fully saturated rings. The van der Waals surface area contributed by atoms with Crippen LogP contribution >= 0.6 is 0 Å². The molecule has 0 heterocycles. The van der Waals surface area contributed by atoms with Crippen LogP contribution in [0.4, 0.5) is 11.4 Å². The number of hydrogen-bond acceptors (Lipinski definition) is 4. The maximum atomic E-state index is 12.1. The van der Waals surface area contributed by atoms with E-state index in [0.29, 0.717) is 18.2 Å². The molecule has 0 atom stereocenters. The van der Waals surface area contributed by atoms with Crippen molar-refractivity contribution in [3.8, 4) is 5.75 Å². The monoisotopic (exact) mass is 355 g/mol. The Bertz CT molecular complexity index is 742. The Morgan fingerprint density at radius 2 is 1.77 bits per heavy atom. The molecule has 6 heteroatoms. The van der Waals surface area contributed by atoms with Crippen molar-refractivity contribution < 1.29 is 14.3 Å². The minimum Gasteiger partial charge on any atom is -0.494 e. The Kier molecular flexibility index (Phi) is 7.02. The molecule has 2 amide bonds. The molecule has 6 nitrogen and oxygen atoms in total. The molecule has 0 radical (unpaired) electrons. The van der Waals surface area contributed by atoms with Crippen molar-refractivity contribution in [2.75, 3.05) is 23.8 Å². The zero-order valence-corrected chi connectivity index (χ0v) is 15.1. The first kappa shape index (κ1) is 19.3. The van der Waals surface area contributed by atoms with Crippen LogP contribution in [0.5, 0.6) is 5.75 Å². The Labute approximate surface area is 153 Å². The number of nitrogens with one attached hydrogen (secondary N) is 2. The van der Waals surface area contributed by atoms with Gasteiger partial charge in [-0.1, -0.05) is 26.0 Å². The van der Waals surface area contributed by atoms with Gasteiger partial charge in [0, 0.05) is 5.69 Å². The van der Waals surface area contributed by atoms with Gasteiger partial charge in [-0.25, -0.2) is 0 Å². The van der Waals surface area contributed by atoms with E-state index in [9.17, 15) is 9.59 Å². The third-order valence-corrected chi connectivity index (χ3v) is 3.74. The second-order valence-electron chi connectivity index (χ2n) is 6.37. The number of nitrogens with two attached hydrogens (primary N) is 1. The molecule has 138 valence electrons. The maximum Gasteiger partial charge on any atom is 0.250 e. The van der Waals surface area contributed by atoms with Crippen molar-refractivity contribution >= 4 is 23.2 Å². The number of rotatable bonds is 9. The average molecular weight is 355 g/mol. The number of hydrogen-bond donors (Lipinski definition) is 3. The molecule has 0 unspecified atom stereocenters. The van der Waals surface area contributed by atoms with Gasteiger partial charge < -0.3 is 21.1 Å². The summed E-state index contributed by atoms with van der Waals surface area (Å²) in [5, 5.41) is 5.72. The summed E-state index contributed by atoms with van der Waals surface area (Å²) in [6.07, 6.45) is 1.01. The van der Waals surface area contributed by atoms with Crippen molar-refractivity contribution in [1.29, 1.82) is 0 Å². The standard InChI is InChI=1S/C20H25N3O3/c1-14(2)11-12-26-16-9-7-15(8-10-16)22-13-19(24)23-18-6-4-3-5-17(18)20(21)25/h3-10,14,22H,11-13H2,1-2H3,(H2,21,25)(H,23,24). The zero-order chi connectivity index (χ0) is 18.9. The second kappa shape index (κ2) is 9.46. The van der Waals surface area contributed by atoms with Gasteiger partial charge in [0.25, 0.3) is 5.91 Å². The van der Waals surface area contributed by atoms with Crippen molar-refractivity contribution in [3.63, 3.8) is 0 Å². The van der Waals surface area contributed by atoms with E-state index in [4.69, 9.17) is 10.5 Å². The third-order valence-electron chi connectivity index (χ3n) is 3.74. The summed E-state index contributed by atoms with van der Waals surface area (Å²) in [5.41, 5.74) is 6.79. The van der Waals surface area contributed by atoms with Crippen LogP contribution in [0, 0.1) is 5.92 Å². The minimum absolute atomic E-state index is 0.0701. The van der Waals surface area contributed by atoms with Gasteiger partial charge in [0.1, 0.15) is 5.75 Å². The number of primary amides is 1. The normalized spacial score (nSPS) is 10.4. The van der Waals surface area contributed by atoms with E-state index in [0.717, 1.165) is 17.9 Å². The van der Waals surface area contributed by atoms with Crippen LogP contribution in [0.1, 0.15) is 30.6 Å². The highest BCUT2D eigenvalue weighted by molar-refractivity contribution is 6.03. The first-order valence-corrected chi connectivity index (χ1v) is 8.61. The van der Waals surface area contributed by atoms with Gasteiger partial charge in [-0.15, -0.1) is 0 Å². The Hall–Kier alpha value is -3.02. The van der Waals surface area contributed by atoms with Crippen molar-refractivity contribution in [2.45, 2.75) is 20.3 Å². The van der Waals surface area contributed by atoms with Gasteiger partial charge in [-0.2, -0.15) is 0 Å². The molecule has 0 aromatic heterocycles. The van der Waals surface area contributed by atoms with Gasteiger partial charge in [-0.05, 0) is 48.7 Å². The Balaban J connectivity index is 1.83. The summed E-state index contributed by atoms with van der Waals surface area (Å²) < 4.78 is 5.66. The van der Waals surface area contributed by atoms with E-state index in [1.807, 2.05) is 24.3 Å². The molecule has 26 heavy (non-hydrogen) atoms. The van der Waals surface area contributed by atoms with Crippen LogP contribution in [0.25, 0.3) is 0 Å². The van der Waals surface area contributed by atoms with Gasteiger partial charge in [0.15, 0.2) is 0 Å². The SMILES string of the molecule is CC(C)CCOc1ccc(NCC(=O)Nc2ccccc2C(N)=O)cc1. The highest BCUT2D eigenvalue weighted by Crippen LogP contribution is 2.17. The number of carbonyl (C=O) groups excluding carboxylic acids is 2. The summed E-state index contributed by atoms with van der Waals surface area (Å²) in [6.45, 7) is 5.07. The fourth-order valence-electron chi connectivity index (χ4n) is 2.27. The highest BCUT2D eigenvalue weighted by Gasteiger charge is 2.10. The summed E-state index contributed by atoms with van der Waals surface area (Å²) in [4.78, 5) is 23.5. The molecule has 0 aliphatic rings. The molecule has 4 N–H and O–H groups in total. The Morgan fingerprint density at radius 3 is 2.42 bits per heavy atom. The molecule has 2 aromatic rings. The molecular weight excluding hydrogens is 330 g/mol. The Morgan fingerprint density at radius 1 is 1.08 bits per heavy atom. The first-order chi connectivity index (χ1) is 12.5. The average Bonchev–Trinajstić information content (AvgIpc) is 2.61. The maximum absolute atomic E-state index is 12.1. The lowest BCUT2D eigenvalue weighted by Gasteiger charge is -2.11. The van der Waals surface area contributed by atoms with Gasteiger partial charge in [0.05, 0.1) is 24.4 Å². The predicted molar refractivity (Wildman–Crippen MR) is 103 cm³/mol. The van der Waals surface area contributed by atoms with Crippen molar-refractivity contribution in [1.82, 2.24) is 0 Å². The second-order valence-corrected chi connectivity index (χ2v) is 6.37. The predicted octanol–water partition coefficient (Wildman–Crippen LogP) is 3.26. The molecule has 0 aliphatic carbocycles. The fraction of sp³-hybridized carbons (Fsp3) is 0.300. The van der Waals surface area contributed by atoms with E-state index < -0.39 is 5.91 Å². The van der Waals surface area contributed by atoms with E-state index in [2.05, 4.69) is 24.5 Å². The number of anilines is 2. The molecular formula is C20H25N3O3. The van der Waals surface area contributed by atoms with E-state index >= 15 is 0 Å². The van der Waals surface area contributed by atoms with Crippen LogP contribution < -0.4 is 21.1 Å². The van der Waals surface area contributed by atoms with E-state index in [1.54, 1.807) is 24.3 Å². The number of amides is 2. The van der Waals surface area contributed by atoms with Crippen LogP contribution in [0.3, 0.4) is 0 Å². The number of carbonyl (C=O) groups is 2. The molecule has 0 aliphatic heterocycles. The van der Waals surface area contributed by atoms with Gasteiger partial charge >= 0.3 is 0 Å². The smallest absolute Gasteiger partial charge is 0.250 e. The lowest BCUT2D eigenvalue weighted by molar-refractivity contribution is -0.114. The zero-order valence-electron chi connectivity index (χ0n) is 15.1. The molecule has 0 saturated carbocycles. The van der Waals surface area contributed by atoms with Crippen molar-refractivity contribution in [3.05, 3.63) is 54.1 Å². The van der Waals surface area contributed by atoms with Gasteiger partial charge in [0.2, 0.25) is 5.91 Å². The van der Waals surface area contributed by atoms with E-state index in [-0.39, 0.29) is 18.0 Å². The van der Waals surface area contributed by atoms with Crippen molar-refractivity contribution in [2.24, 2.45) is 11.7 Å². The number of ether oxygens (including phenoxy) is 1. The minimum atomic E-state index is -0.582. The topological polar surface area (TPSA) is 93.4 Å². The quantitative estimate of drug-likeness (QED) is 0.643. The molecule has 0 spiro atoms. The van der Waals surface area contributed by atoms with Crippen LogP contribution in [0.2, 0.25) is 0 Å². The fourth-order valence-corrected chi connectivity index (χ4v) is 2.27. The van der Waals surface area contributed by atoms with Gasteiger partial charge in [-0.3, -0.25) is 9.59 Å². The molecule has 2 rings (SSSR count). The van der Waals surface area contributed by atoms with Crippen LogP contribution in [-0.4, -0.2) is 25.0 Å². The third kappa shape index (κ3) is 6.12. The summed E-state index contributed by atoms with van der Waals surface area (Å²) >= 11 is 0. The molecule has 0 saturated heterocycles. The first-order valence-electron chi connectivity index (χ1n) is 8.61. The lowest BCUT2D eigenvalue weighted by Crippen LogP contribution is -2.24. The highest BCUT2D eigenvalue weighted by atomic mass is 16.5. The number of para-hydroxylation sites is 1.